The molecule has 2 heterocycles. The molecule has 1 N–H and O–H groups in total. The summed E-state index contributed by atoms with van der Waals surface area (Å²) >= 11 is 0. The molecule has 22 heavy (non-hydrogen) atoms. The Morgan fingerprint density at radius 1 is 0.955 bits per heavy atom. The number of aromatic nitrogens is 3. The molecule has 0 saturated carbocycles. The normalized spacial score (nSPS) is 11.1. The Balaban J connectivity index is 2.07. The molecule has 2 aromatic carbocycles. The monoisotopic (exact) mass is 289 g/mol. The van der Waals surface area contributed by atoms with Crippen molar-refractivity contribution in [3.63, 3.8) is 0 Å². The number of nitrogens with one attached hydrogen (secondary N) is 1. The van der Waals surface area contributed by atoms with Crippen LogP contribution in [0, 0.1) is 0 Å². The molecule has 0 unspecified atom stereocenters. The van der Waals surface area contributed by atoms with E-state index in [1.54, 1.807) is 30.3 Å². The summed E-state index contributed by atoms with van der Waals surface area (Å²) in [5.74, 6) is 0. The van der Waals surface area contributed by atoms with E-state index in [2.05, 4.69) is 9.97 Å². The van der Waals surface area contributed by atoms with Gasteiger partial charge >= 0.3 is 5.69 Å². The number of pyridine rings is 1. The van der Waals surface area contributed by atoms with Gasteiger partial charge in [0.15, 0.2) is 0 Å². The number of para-hydroxylation sites is 2. The van der Waals surface area contributed by atoms with Gasteiger partial charge in [0.2, 0.25) is 0 Å². The lowest BCUT2D eigenvalue weighted by atomic mass is 10.2. The van der Waals surface area contributed by atoms with Gasteiger partial charge in [-0.1, -0.05) is 30.3 Å². The first-order valence-corrected chi connectivity index (χ1v) is 6.83. The molecule has 0 amide bonds. The molecule has 0 fully saturated rings. The lowest BCUT2D eigenvalue weighted by molar-refractivity contribution is 0.898. The molecular formula is C17H11N3O2. The zero-order chi connectivity index (χ0) is 15.1. The van der Waals surface area contributed by atoms with Crippen LogP contribution in [-0.2, 0) is 0 Å². The minimum Gasteiger partial charge on any atom is -0.306 e. The highest BCUT2D eigenvalue weighted by molar-refractivity contribution is 5.81. The molecule has 4 rings (SSSR count). The number of nitrogens with zero attached hydrogens (tertiary/aromatic N) is 2. The van der Waals surface area contributed by atoms with Crippen LogP contribution in [0.25, 0.3) is 27.5 Å². The summed E-state index contributed by atoms with van der Waals surface area (Å²) in [5, 5.41) is 1.34. The molecule has 0 radical (unpaired) electrons. The highest BCUT2D eigenvalue weighted by Crippen LogP contribution is 2.14. The Bertz CT molecular complexity index is 1130. The summed E-state index contributed by atoms with van der Waals surface area (Å²) in [7, 11) is 0. The quantitative estimate of drug-likeness (QED) is 0.584. The van der Waals surface area contributed by atoms with E-state index in [-0.39, 0.29) is 5.56 Å². The number of hydrogen-bond acceptors (Lipinski definition) is 3. The third kappa shape index (κ3) is 1.83. The second-order valence-electron chi connectivity index (χ2n) is 5.00. The maximum absolute atomic E-state index is 12.6. The molecule has 4 aromatic rings. The van der Waals surface area contributed by atoms with Crippen molar-refractivity contribution in [3.8, 4) is 5.69 Å². The van der Waals surface area contributed by atoms with E-state index >= 15 is 0 Å². The Morgan fingerprint density at radius 2 is 1.73 bits per heavy atom. The molecule has 2 aromatic heterocycles. The minimum atomic E-state index is -0.471. The molecule has 5 nitrogen and oxygen atoms in total. The van der Waals surface area contributed by atoms with Crippen LogP contribution in [0.4, 0.5) is 0 Å². The van der Waals surface area contributed by atoms with Gasteiger partial charge in [0, 0.05) is 5.39 Å². The van der Waals surface area contributed by atoms with Crippen molar-refractivity contribution >= 4 is 21.8 Å². The largest absolute Gasteiger partial charge is 0.333 e. The molecule has 0 bridgehead atoms. The predicted molar refractivity (Wildman–Crippen MR) is 85.5 cm³/mol. The van der Waals surface area contributed by atoms with Crippen LogP contribution in [-0.4, -0.2) is 14.5 Å². The van der Waals surface area contributed by atoms with Gasteiger partial charge in [-0.05, 0) is 24.3 Å². The fourth-order valence-electron chi connectivity index (χ4n) is 2.58. The van der Waals surface area contributed by atoms with E-state index in [0.29, 0.717) is 16.6 Å². The Kier molecular flexibility index (Phi) is 2.66. The molecule has 106 valence electrons. The van der Waals surface area contributed by atoms with Crippen LogP contribution in [0.2, 0.25) is 0 Å². The molecule has 0 spiro atoms. The SMILES string of the molecule is O=c1[nH]c2ccccc2c(=O)n1-c1cnc2ccccc2c1. The first-order chi connectivity index (χ1) is 10.7. The molecule has 5 heteroatoms. The van der Waals surface area contributed by atoms with Gasteiger partial charge in [0.1, 0.15) is 0 Å². The third-order valence-corrected chi connectivity index (χ3v) is 3.64. The smallest absolute Gasteiger partial charge is 0.306 e. The van der Waals surface area contributed by atoms with Crippen LogP contribution >= 0.6 is 0 Å². The summed E-state index contributed by atoms with van der Waals surface area (Å²) in [6, 6.07) is 16.3. The fourth-order valence-corrected chi connectivity index (χ4v) is 2.58. The van der Waals surface area contributed by atoms with Crippen LogP contribution < -0.4 is 11.2 Å². The van der Waals surface area contributed by atoms with Crippen LogP contribution in [0.15, 0.2) is 70.4 Å². The number of benzene rings is 2. The van der Waals surface area contributed by atoms with E-state index < -0.39 is 5.69 Å². The summed E-state index contributed by atoms with van der Waals surface area (Å²) < 4.78 is 1.11. The van der Waals surface area contributed by atoms with E-state index in [9.17, 15) is 9.59 Å². The van der Waals surface area contributed by atoms with Crippen molar-refractivity contribution in [3.05, 3.63) is 81.6 Å². The van der Waals surface area contributed by atoms with Gasteiger partial charge < -0.3 is 4.98 Å². The standard InChI is InChI=1S/C17H11N3O2/c21-16-13-6-2-4-8-15(13)19-17(22)20(16)12-9-11-5-1-3-7-14(11)18-10-12/h1-10H,(H,19,22). The van der Waals surface area contributed by atoms with Gasteiger partial charge in [-0.25, -0.2) is 9.36 Å². The van der Waals surface area contributed by atoms with E-state index in [1.807, 2.05) is 24.3 Å². The second kappa shape index (κ2) is 4.66. The fraction of sp³-hybridized carbons (Fsp3) is 0. The van der Waals surface area contributed by atoms with Crippen molar-refractivity contribution in [2.75, 3.05) is 0 Å². The number of fused-ring (bicyclic) bond motifs is 2. The van der Waals surface area contributed by atoms with Crippen molar-refractivity contribution < 1.29 is 0 Å². The number of aromatic amines is 1. The third-order valence-electron chi connectivity index (χ3n) is 3.64. The molecule has 0 saturated heterocycles. The molecule has 0 aliphatic carbocycles. The highest BCUT2D eigenvalue weighted by Gasteiger charge is 2.09. The molecule has 0 aliphatic rings. The first-order valence-electron chi connectivity index (χ1n) is 6.83. The summed E-state index contributed by atoms with van der Waals surface area (Å²) in [4.78, 5) is 31.9. The van der Waals surface area contributed by atoms with E-state index in [1.165, 1.54) is 6.20 Å². The lowest BCUT2D eigenvalue weighted by Gasteiger charge is -2.07. The highest BCUT2D eigenvalue weighted by atomic mass is 16.2. The summed E-state index contributed by atoms with van der Waals surface area (Å²) in [6.07, 6.45) is 1.54. The maximum Gasteiger partial charge on any atom is 0.333 e. The average Bonchev–Trinajstić information content (AvgIpc) is 2.55. The van der Waals surface area contributed by atoms with Crippen LogP contribution in [0.3, 0.4) is 0 Å². The van der Waals surface area contributed by atoms with E-state index in [0.717, 1.165) is 15.5 Å². The predicted octanol–water partition coefficient (Wildman–Crippen LogP) is 2.23. The van der Waals surface area contributed by atoms with Gasteiger partial charge in [-0.15, -0.1) is 0 Å². The number of H-pyrrole nitrogens is 1. The van der Waals surface area contributed by atoms with Crippen molar-refractivity contribution in [1.29, 1.82) is 0 Å². The Labute approximate surface area is 124 Å². The maximum atomic E-state index is 12.6. The zero-order valence-electron chi connectivity index (χ0n) is 11.5. The topological polar surface area (TPSA) is 67.8 Å². The number of hydrogen-bond donors (Lipinski definition) is 1. The molecular weight excluding hydrogens is 278 g/mol. The van der Waals surface area contributed by atoms with E-state index in [4.69, 9.17) is 0 Å². The zero-order valence-corrected chi connectivity index (χ0v) is 11.5. The van der Waals surface area contributed by atoms with Crippen molar-refractivity contribution in [2.24, 2.45) is 0 Å². The summed E-state index contributed by atoms with van der Waals surface area (Å²) in [5.41, 5.74) is 0.979. The van der Waals surface area contributed by atoms with Gasteiger partial charge in [-0.3, -0.25) is 9.78 Å². The molecule has 0 atom stereocenters. The van der Waals surface area contributed by atoms with Gasteiger partial charge in [0.25, 0.3) is 5.56 Å². The van der Waals surface area contributed by atoms with Gasteiger partial charge in [0.05, 0.1) is 28.3 Å². The lowest BCUT2D eigenvalue weighted by Crippen LogP contribution is -2.33. The minimum absolute atomic E-state index is 0.351. The van der Waals surface area contributed by atoms with Crippen molar-refractivity contribution in [2.45, 2.75) is 0 Å². The average molecular weight is 289 g/mol. The van der Waals surface area contributed by atoms with Crippen LogP contribution in [0.1, 0.15) is 0 Å². The summed E-state index contributed by atoms with van der Waals surface area (Å²) in [6.45, 7) is 0. The number of rotatable bonds is 1. The Morgan fingerprint density at radius 3 is 2.64 bits per heavy atom. The second-order valence-corrected chi connectivity index (χ2v) is 5.00. The van der Waals surface area contributed by atoms with Gasteiger partial charge in [-0.2, -0.15) is 0 Å². The molecule has 0 aliphatic heterocycles. The Hall–Kier alpha value is -3.21. The van der Waals surface area contributed by atoms with Crippen molar-refractivity contribution in [1.82, 2.24) is 14.5 Å². The van der Waals surface area contributed by atoms with Crippen LogP contribution in [0.5, 0.6) is 0 Å². The first kappa shape index (κ1) is 12.5.